The van der Waals surface area contributed by atoms with E-state index in [1.165, 1.54) is 18.2 Å². The molecule has 0 saturated heterocycles. The van der Waals surface area contributed by atoms with Crippen molar-refractivity contribution < 1.29 is 18.7 Å². The summed E-state index contributed by atoms with van der Waals surface area (Å²) in [4.78, 5) is 23.3. The minimum Gasteiger partial charge on any atom is -0.455 e. The number of carbonyl (C=O) groups is 2. The Kier molecular flexibility index (Phi) is 3.93. The third-order valence-corrected chi connectivity index (χ3v) is 4.25. The molecule has 20 heavy (non-hydrogen) atoms. The molecule has 0 radical (unpaired) electrons. The van der Waals surface area contributed by atoms with Gasteiger partial charge in [-0.3, -0.25) is 9.59 Å². The van der Waals surface area contributed by atoms with E-state index in [2.05, 4.69) is 5.32 Å². The molecule has 1 fully saturated rings. The van der Waals surface area contributed by atoms with E-state index in [-0.39, 0.29) is 12.1 Å². The fraction of sp³-hybridized carbons (Fsp3) is 0.385. The molecule has 7 heteroatoms. The Morgan fingerprint density at radius 2 is 2.10 bits per heavy atom. The molecule has 1 aromatic rings. The first-order valence-electron chi connectivity index (χ1n) is 5.85. The molecule has 1 N–H and O–H groups in total. The standard InChI is InChI=1S/C13H12Cl2FNO3/c1-12(7-13(12,14)15)11(19)20-6-10(18)17-9-4-2-3-8(16)5-9/h2-5H,6-7H2,1H3,(H,17,18)/t12-/m1/s1. The summed E-state index contributed by atoms with van der Waals surface area (Å²) in [5, 5.41) is 2.41. The molecule has 0 unspecified atom stereocenters. The predicted molar refractivity (Wildman–Crippen MR) is 73.1 cm³/mol. The number of halogens is 3. The summed E-state index contributed by atoms with van der Waals surface area (Å²) in [7, 11) is 0. The molecule has 1 aromatic carbocycles. The number of ether oxygens (including phenoxy) is 1. The number of esters is 1. The summed E-state index contributed by atoms with van der Waals surface area (Å²) < 4.78 is 16.6. The Morgan fingerprint density at radius 3 is 2.65 bits per heavy atom. The molecule has 1 aliphatic carbocycles. The zero-order chi connectivity index (χ0) is 15.0. The molecular weight excluding hydrogens is 308 g/mol. The van der Waals surface area contributed by atoms with Crippen LogP contribution in [0.4, 0.5) is 10.1 Å². The molecule has 2 rings (SSSR count). The Labute approximate surface area is 125 Å². The third-order valence-electron chi connectivity index (χ3n) is 3.15. The Balaban J connectivity index is 1.83. The number of carbonyl (C=O) groups excluding carboxylic acids is 2. The van der Waals surface area contributed by atoms with Gasteiger partial charge in [-0.15, -0.1) is 23.2 Å². The normalized spacial score (nSPS) is 23.0. The highest BCUT2D eigenvalue weighted by molar-refractivity contribution is 6.53. The summed E-state index contributed by atoms with van der Waals surface area (Å²) >= 11 is 11.7. The predicted octanol–water partition coefficient (Wildman–Crippen LogP) is 2.89. The largest absolute Gasteiger partial charge is 0.455 e. The second-order valence-electron chi connectivity index (χ2n) is 4.85. The Hall–Kier alpha value is -1.33. The van der Waals surface area contributed by atoms with Crippen molar-refractivity contribution in [3.63, 3.8) is 0 Å². The second-order valence-corrected chi connectivity index (χ2v) is 6.33. The highest BCUT2D eigenvalue weighted by Crippen LogP contribution is 2.64. The van der Waals surface area contributed by atoms with Crippen molar-refractivity contribution in [2.24, 2.45) is 5.41 Å². The highest BCUT2D eigenvalue weighted by atomic mass is 35.5. The first kappa shape index (κ1) is 15.1. The zero-order valence-electron chi connectivity index (χ0n) is 10.6. The monoisotopic (exact) mass is 319 g/mol. The molecule has 0 bridgehead atoms. The van der Waals surface area contributed by atoms with E-state index in [9.17, 15) is 14.0 Å². The van der Waals surface area contributed by atoms with Crippen LogP contribution in [-0.2, 0) is 14.3 Å². The van der Waals surface area contributed by atoms with E-state index in [1.54, 1.807) is 6.92 Å². The van der Waals surface area contributed by atoms with Crippen LogP contribution in [0.1, 0.15) is 13.3 Å². The lowest BCUT2D eigenvalue weighted by atomic mass is 10.1. The van der Waals surface area contributed by atoms with Crippen molar-refractivity contribution in [2.45, 2.75) is 17.7 Å². The van der Waals surface area contributed by atoms with E-state index < -0.39 is 34.0 Å². The molecule has 0 spiro atoms. The minimum atomic E-state index is -1.14. The molecule has 1 aliphatic rings. The van der Waals surface area contributed by atoms with Gasteiger partial charge in [-0.2, -0.15) is 0 Å². The first-order valence-corrected chi connectivity index (χ1v) is 6.61. The molecule has 0 heterocycles. The number of alkyl halides is 2. The van der Waals surface area contributed by atoms with Gasteiger partial charge < -0.3 is 10.1 Å². The number of hydrogen-bond acceptors (Lipinski definition) is 3. The van der Waals surface area contributed by atoms with Gasteiger partial charge in [0, 0.05) is 12.1 Å². The van der Waals surface area contributed by atoms with Crippen molar-refractivity contribution in [2.75, 3.05) is 11.9 Å². The van der Waals surface area contributed by atoms with Gasteiger partial charge in [0.2, 0.25) is 0 Å². The third kappa shape index (κ3) is 3.04. The zero-order valence-corrected chi connectivity index (χ0v) is 12.1. The van der Waals surface area contributed by atoms with Crippen LogP contribution >= 0.6 is 23.2 Å². The minimum absolute atomic E-state index is 0.285. The molecule has 4 nitrogen and oxygen atoms in total. The quantitative estimate of drug-likeness (QED) is 0.685. The maximum atomic E-state index is 12.9. The summed E-state index contributed by atoms with van der Waals surface area (Å²) in [6.45, 7) is 1.09. The second kappa shape index (κ2) is 5.22. The number of anilines is 1. The molecular formula is C13H12Cl2FNO3. The van der Waals surface area contributed by atoms with Crippen LogP contribution < -0.4 is 5.32 Å². The van der Waals surface area contributed by atoms with Gasteiger partial charge in [0.25, 0.3) is 5.91 Å². The number of benzene rings is 1. The number of nitrogens with one attached hydrogen (secondary N) is 1. The van der Waals surface area contributed by atoms with Gasteiger partial charge in [-0.1, -0.05) is 6.07 Å². The van der Waals surface area contributed by atoms with Crippen LogP contribution in [0.3, 0.4) is 0 Å². The van der Waals surface area contributed by atoms with Crippen LogP contribution in [-0.4, -0.2) is 22.8 Å². The van der Waals surface area contributed by atoms with Crippen LogP contribution in [0.2, 0.25) is 0 Å². The van der Waals surface area contributed by atoms with Crippen LogP contribution in [0, 0.1) is 11.2 Å². The van der Waals surface area contributed by atoms with Gasteiger partial charge in [0.15, 0.2) is 6.61 Å². The lowest BCUT2D eigenvalue weighted by molar-refractivity contribution is -0.152. The summed E-state index contributed by atoms with van der Waals surface area (Å²) in [5.74, 6) is -1.67. The van der Waals surface area contributed by atoms with Crippen LogP contribution in [0.25, 0.3) is 0 Å². The summed E-state index contributed by atoms with van der Waals surface area (Å²) in [6.07, 6.45) is 0.285. The fourth-order valence-electron chi connectivity index (χ4n) is 1.68. The molecule has 1 amide bonds. The van der Waals surface area contributed by atoms with Gasteiger partial charge in [0.05, 0.1) is 0 Å². The average molecular weight is 320 g/mol. The molecule has 0 aliphatic heterocycles. The van der Waals surface area contributed by atoms with E-state index in [1.807, 2.05) is 0 Å². The van der Waals surface area contributed by atoms with Gasteiger partial charge in [0.1, 0.15) is 15.6 Å². The van der Waals surface area contributed by atoms with E-state index in [4.69, 9.17) is 27.9 Å². The van der Waals surface area contributed by atoms with E-state index >= 15 is 0 Å². The SMILES string of the molecule is C[C@]1(C(=O)OCC(=O)Nc2cccc(F)c2)CC1(Cl)Cl. The lowest BCUT2D eigenvalue weighted by Gasteiger charge is -2.11. The average Bonchev–Trinajstić information content (AvgIpc) is 2.87. The van der Waals surface area contributed by atoms with Crippen molar-refractivity contribution in [3.05, 3.63) is 30.1 Å². The van der Waals surface area contributed by atoms with Crippen molar-refractivity contribution in [1.82, 2.24) is 0 Å². The van der Waals surface area contributed by atoms with Gasteiger partial charge >= 0.3 is 5.97 Å². The highest BCUT2D eigenvalue weighted by Gasteiger charge is 2.69. The number of rotatable bonds is 4. The maximum Gasteiger partial charge on any atom is 0.315 e. The molecule has 108 valence electrons. The van der Waals surface area contributed by atoms with E-state index in [0.29, 0.717) is 0 Å². The molecule has 1 atom stereocenters. The van der Waals surface area contributed by atoms with Crippen LogP contribution in [0.5, 0.6) is 0 Å². The van der Waals surface area contributed by atoms with Crippen molar-refractivity contribution in [3.8, 4) is 0 Å². The maximum absolute atomic E-state index is 12.9. The van der Waals surface area contributed by atoms with E-state index in [0.717, 1.165) is 6.07 Å². The Morgan fingerprint density at radius 1 is 1.45 bits per heavy atom. The fourth-order valence-corrected chi connectivity index (χ4v) is 2.36. The summed E-state index contributed by atoms with van der Waals surface area (Å²) in [5.41, 5.74) is -0.692. The number of hydrogen-bond donors (Lipinski definition) is 1. The topological polar surface area (TPSA) is 55.4 Å². The molecule has 0 aromatic heterocycles. The first-order chi connectivity index (χ1) is 9.24. The Bertz CT molecular complexity index is 564. The number of amides is 1. The summed E-state index contributed by atoms with van der Waals surface area (Å²) in [6, 6.07) is 5.39. The van der Waals surface area contributed by atoms with Crippen molar-refractivity contribution >= 4 is 40.8 Å². The smallest absolute Gasteiger partial charge is 0.315 e. The van der Waals surface area contributed by atoms with Gasteiger partial charge in [-0.05, 0) is 25.1 Å². The molecule has 1 saturated carbocycles. The van der Waals surface area contributed by atoms with Crippen LogP contribution in [0.15, 0.2) is 24.3 Å². The van der Waals surface area contributed by atoms with Gasteiger partial charge in [-0.25, -0.2) is 4.39 Å². The van der Waals surface area contributed by atoms with Crippen molar-refractivity contribution in [1.29, 1.82) is 0 Å². The lowest BCUT2D eigenvalue weighted by Crippen LogP contribution is -2.26.